The Morgan fingerprint density at radius 1 is 1.00 bits per heavy atom. The van der Waals surface area contributed by atoms with Crippen molar-refractivity contribution in [2.24, 2.45) is 5.41 Å². The molecule has 1 spiro atoms. The topological polar surface area (TPSA) is 35.6 Å². The highest BCUT2D eigenvalue weighted by atomic mass is 16.2. The number of aryl methyl sites for hydroxylation is 2. The zero-order valence-corrected chi connectivity index (χ0v) is 15.8. The normalized spacial score (nSPS) is 30.0. The number of nitrogens with zero attached hydrogens (tertiary/aromatic N) is 2. The number of anilines is 1. The molecule has 1 amide bonds. The summed E-state index contributed by atoms with van der Waals surface area (Å²) in [5.41, 5.74) is 4.50. The lowest BCUT2D eigenvalue weighted by Gasteiger charge is -2.39. The van der Waals surface area contributed by atoms with Gasteiger partial charge in [-0.2, -0.15) is 0 Å². The van der Waals surface area contributed by atoms with E-state index in [2.05, 4.69) is 33.3 Å². The molecule has 4 aliphatic rings. The van der Waals surface area contributed by atoms with Gasteiger partial charge in [-0.1, -0.05) is 6.07 Å². The maximum absolute atomic E-state index is 12.4. The number of benzene rings is 1. The van der Waals surface area contributed by atoms with Crippen molar-refractivity contribution in [3.05, 3.63) is 29.3 Å². The molecular formula is C22H31N3O. The molecule has 0 bridgehead atoms. The molecule has 4 nitrogen and oxygen atoms in total. The van der Waals surface area contributed by atoms with E-state index in [1.165, 1.54) is 37.8 Å². The van der Waals surface area contributed by atoms with E-state index in [1.54, 1.807) is 11.1 Å². The third-order valence-corrected chi connectivity index (χ3v) is 7.41. The lowest BCUT2D eigenvalue weighted by Crippen LogP contribution is -2.49. The highest BCUT2D eigenvalue weighted by molar-refractivity contribution is 5.84. The summed E-state index contributed by atoms with van der Waals surface area (Å²) in [6, 6.07) is 7.80. The fourth-order valence-corrected chi connectivity index (χ4v) is 5.78. The minimum absolute atomic E-state index is 0.0740. The van der Waals surface area contributed by atoms with Gasteiger partial charge >= 0.3 is 0 Å². The molecule has 1 aromatic rings. The Balaban J connectivity index is 1.20. The van der Waals surface area contributed by atoms with Crippen LogP contribution in [0.3, 0.4) is 0 Å². The number of nitrogens with one attached hydrogen (secondary N) is 1. The number of amides is 1. The van der Waals surface area contributed by atoms with E-state index < -0.39 is 0 Å². The first-order chi connectivity index (χ1) is 12.7. The van der Waals surface area contributed by atoms with Gasteiger partial charge in [0, 0.05) is 37.9 Å². The summed E-state index contributed by atoms with van der Waals surface area (Å²) in [6.45, 7) is 5.28. The summed E-state index contributed by atoms with van der Waals surface area (Å²) in [7, 11) is 0. The van der Waals surface area contributed by atoms with Crippen LogP contribution in [0.4, 0.5) is 5.69 Å². The number of rotatable bonds is 2. The van der Waals surface area contributed by atoms with Crippen LogP contribution in [0.5, 0.6) is 0 Å². The molecule has 3 saturated heterocycles. The van der Waals surface area contributed by atoms with Crippen LogP contribution in [-0.2, 0) is 17.6 Å². The van der Waals surface area contributed by atoms with Crippen LogP contribution in [0.15, 0.2) is 18.2 Å². The molecule has 1 aliphatic carbocycles. The fourth-order valence-electron chi connectivity index (χ4n) is 5.78. The van der Waals surface area contributed by atoms with Crippen molar-refractivity contribution in [1.29, 1.82) is 0 Å². The number of carbonyl (C=O) groups is 1. The Bertz CT molecular complexity index is 695. The van der Waals surface area contributed by atoms with Crippen LogP contribution in [0.2, 0.25) is 0 Å². The summed E-state index contributed by atoms with van der Waals surface area (Å²) in [5.74, 6) is 0.321. The number of fused-ring (bicyclic) bond motifs is 1. The first-order valence-corrected chi connectivity index (χ1v) is 10.6. The second kappa shape index (κ2) is 6.56. The zero-order valence-electron chi connectivity index (χ0n) is 15.8. The van der Waals surface area contributed by atoms with Gasteiger partial charge < -0.3 is 10.2 Å². The average Bonchev–Trinajstić information content (AvgIpc) is 3.32. The van der Waals surface area contributed by atoms with Gasteiger partial charge in [-0.25, -0.2) is 0 Å². The molecule has 4 heteroatoms. The van der Waals surface area contributed by atoms with Crippen molar-refractivity contribution < 1.29 is 4.79 Å². The molecule has 5 rings (SSSR count). The van der Waals surface area contributed by atoms with Crippen molar-refractivity contribution in [3.63, 3.8) is 0 Å². The lowest BCUT2D eigenvalue weighted by atomic mass is 9.79. The van der Waals surface area contributed by atoms with Gasteiger partial charge in [-0.05, 0) is 81.2 Å². The highest BCUT2D eigenvalue weighted by Gasteiger charge is 2.47. The largest absolute Gasteiger partial charge is 0.371 e. The van der Waals surface area contributed by atoms with Crippen LogP contribution >= 0.6 is 0 Å². The Hall–Kier alpha value is -1.55. The summed E-state index contributed by atoms with van der Waals surface area (Å²) in [4.78, 5) is 17.6. The van der Waals surface area contributed by atoms with Gasteiger partial charge in [0.05, 0.1) is 5.41 Å². The monoisotopic (exact) mass is 353 g/mol. The van der Waals surface area contributed by atoms with Crippen molar-refractivity contribution in [2.45, 2.75) is 57.4 Å². The molecule has 1 aromatic carbocycles. The summed E-state index contributed by atoms with van der Waals surface area (Å²) >= 11 is 0. The van der Waals surface area contributed by atoms with Gasteiger partial charge in [0.2, 0.25) is 5.91 Å². The molecule has 0 radical (unpaired) electrons. The standard InChI is InChI=1S/C22H31N3O/c26-21-22(9-2-11-23-21)10-14-25(16-22)19-7-12-24(13-8-19)20-6-5-17-3-1-4-18(17)15-20/h5-6,15,19H,1-4,7-14,16H2,(H,23,26)/t22-/m0/s1. The van der Waals surface area contributed by atoms with E-state index >= 15 is 0 Å². The minimum Gasteiger partial charge on any atom is -0.371 e. The first kappa shape index (κ1) is 16.6. The third kappa shape index (κ3) is 2.83. The van der Waals surface area contributed by atoms with Gasteiger partial charge in [0.15, 0.2) is 0 Å². The first-order valence-electron chi connectivity index (χ1n) is 10.6. The fraction of sp³-hybridized carbons (Fsp3) is 0.682. The molecule has 3 fully saturated rings. The molecule has 1 atom stereocenters. The molecule has 3 aliphatic heterocycles. The molecule has 0 aromatic heterocycles. The van der Waals surface area contributed by atoms with E-state index in [-0.39, 0.29) is 5.41 Å². The predicted molar refractivity (Wildman–Crippen MR) is 105 cm³/mol. The van der Waals surface area contributed by atoms with Crippen LogP contribution in [-0.4, -0.2) is 49.6 Å². The van der Waals surface area contributed by atoms with E-state index in [1.807, 2.05) is 0 Å². The Morgan fingerprint density at radius 2 is 1.85 bits per heavy atom. The van der Waals surface area contributed by atoms with E-state index in [9.17, 15) is 4.79 Å². The SMILES string of the molecule is O=C1NCCC[C@@]12CCN(C1CCN(c3ccc4c(c3)CCC4)CC1)C2. The maximum atomic E-state index is 12.4. The number of hydrogen-bond acceptors (Lipinski definition) is 3. The second-order valence-electron chi connectivity index (χ2n) is 8.89. The molecule has 0 unspecified atom stereocenters. The van der Waals surface area contributed by atoms with Crippen molar-refractivity contribution in [1.82, 2.24) is 10.2 Å². The van der Waals surface area contributed by atoms with Crippen molar-refractivity contribution >= 4 is 11.6 Å². The van der Waals surface area contributed by atoms with Crippen LogP contribution in [0.25, 0.3) is 0 Å². The number of hydrogen-bond donors (Lipinski definition) is 1. The second-order valence-corrected chi connectivity index (χ2v) is 8.89. The summed E-state index contributed by atoms with van der Waals surface area (Å²) in [6.07, 6.45) is 9.61. The number of likely N-dealkylation sites (tertiary alicyclic amines) is 1. The van der Waals surface area contributed by atoms with E-state index in [0.29, 0.717) is 11.9 Å². The molecule has 26 heavy (non-hydrogen) atoms. The molecule has 0 saturated carbocycles. The number of piperidine rings is 2. The Kier molecular flexibility index (Phi) is 4.19. The maximum Gasteiger partial charge on any atom is 0.227 e. The molecule has 1 N–H and O–H groups in total. The third-order valence-electron chi connectivity index (χ3n) is 7.41. The van der Waals surface area contributed by atoms with E-state index in [4.69, 9.17) is 0 Å². The quantitative estimate of drug-likeness (QED) is 0.888. The lowest BCUT2D eigenvalue weighted by molar-refractivity contribution is -0.132. The van der Waals surface area contributed by atoms with Crippen LogP contribution in [0, 0.1) is 5.41 Å². The number of carbonyl (C=O) groups excluding carboxylic acids is 1. The van der Waals surface area contributed by atoms with Crippen LogP contribution in [0.1, 0.15) is 49.7 Å². The van der Waals surface area contributed by atoms with Crippen molar-refractivity contribution in [2.75, 3.05) is 37.6 Å². The highest BCUT2D eigenvalue weighted by Crippen LogP contribution is 2.39. The molecule has 3 heterocycles. The van der Waals surface area contributed by atoms with Crippen molar-refractivity contribution in [3.8, 4) is 0 Å². The molecule has 140 valence electrons. The van der Waals surface area contributed by atoms with Gasteiger partial charge in [-0.15, -0.1) is 0 Å². The van der Waals surface area contributed by atoms with Crippen LogP contribution < -0.4 is 10.2 Å². The Labute approximate surface area is 156 Å². The zero-order chi connectivity index (χ0) is 17.6. The average molecular weight is 354 g/mol. The minimum atomic E-state index is -0.0740. The Morgan fingerprint density at radius 3 is 2.69 bits per heavy atom. The predicted octanol–water partition coefficient (Wildman–Crippen LogP) is 2.75. The van der Waals surface area contributed by atoms with Gasteiger partial charge in [0.1, 0.15) is 0 Å². The van der Waals surface area contributed by atoms with Gasteiger partial charge in [0.25, 0.3) is 0 Å². The molecular weight excluding hydrogens is 322 g/mol. The van der Waals surface area contributed by atoms with E-state index in [0.717, 1.165) is 52.0 Å². The smallest absolute Gasteiger partial charge is 0.227 e. The summed E-state index contributed by atoms with van der Waals surface area (Å²) in [5, 5.41) is 3.11. The summed E-state index contributed by atoms with van der Waals surface area (Å²) < 4.78 is 0. The van der Waals surface area contributed by atoms with Gasteiger partial charge in [-0.3, -0.25) is 9.69 Å².